The molecular formula is C34H51N3O5. The van der Waals surface area contributed by atoms with Crippen molar-refractivity contribution in [2.45, 2.75) is 117 Å². The van der Waals surface area contributed by atoms with Crippen LogP contribution in [0.4, 0.5) is 4.79 Å². The minimum absolute atomic E-state index is 0.108. The molecule has 0 aliphatic rings. The van der Waals surface area contributed by atoms with Gasteiger partial charge in [0.1, 0.15) is 23.4 Å². The third-order valence-electron chi connectivity index (χ3n) is 6.78. The predicted molar refractivity (Wildman–Crippen MR) is 167 cm³/mol. The van der Waals surface area contributed by atoms with Gasteiger partial charge in [0.15, 0.2) is 0 Å². The molecule has 0 saturated heterocycles. The second-order valence-electron chi connectivity index (χ2n) is 12.3. The number of aryl methyl sites for hydroxylation is 1. The quantitative estimate of drug-likeness (QED) is 0.206. The maximum atomic E-state index is 14.5. The Hall–Kier alpha value is -3.55. The van der Waals surface area contributed by atoms with Gasteiger partial charge in [-0.15, -0.1) is 0 Å². The number of carbonyl (C=O) groups excluding carboxylic acids is 3. The molecule has 3 amide bonds. The van der Waals surface area contributed by atoms with Crippen molar-refractivity contribution in [3.8, 4) is 5.75 Å². The first-order chi connectivity index (χ1) is 19.8. The predicted octanol–water partition coefficient (Wildman–Crippen LogP) is 6.59. The van der Waals surface area contributed by atoms with Crippen LogP contribution >= 0.6 is 0 Å². The number of phenolic OH excluding ortho intramolecular Hbond substituents is 1. The van der Waals surface area contributed by atoms with Crippen LogP contribution in [0.15, 0.2) is 48.5 Å². The van der Waals surface area contributed by atoms with E-state index in [1.807, 2.05) is 45.0 Å². The van der Waals surface area contributed by atoms with Crippen molar-refractivity contribution in [2.24, 2.45) is 0 Å². The number of hydrogen-bond donors (Lipinski definition) is 3. The standard InChI is InChI=1S/C34H51N3O5/c1-8-9-10-11-12-13-22-37(30(31(39)35-24(2)3)27-18-14-25(4)15-19-27)32(40)29(36-33(41)42-34(5,6)7)23-26-16-20-28(38)21-17-26/h14-21,24,29-30,38H,8-13,22-23H2,1-7H3,(H,35,39)(H,36,41). The molecule has 0 radical (unpaired) electrons. The second-order valence-corrected chi connectivity index (χ2v) is 12.3. The van der Waals surface area contributed by atoms with Crippen LogP contribution in [0.25, 0.3) is 0 Å². The van der Waals surface area contributed by atoms with Gasteiger partial charge in [-0.25, -0.2) is 4.79 Å². The Bertz CT molecular complexity index is 1120. The Morgan fingerprint density at radius 2 is 1.48 bits per heavy atom. The van der Waals surface area contributed by atoms with Crippen LogP contribution in [-0.4, -0.2) is 52.1 Å². The molecule has 3 N–H and O–H groups in total. The van der Waals surface area contributed by atoms with E-state index in [0.717, 1.165) is 43.2 Å². The lowest BCUT2D eigenvalue weighted by molar-refractivity contribution is -0.142. The largest absolute Gasteiger partial charge is 0.508 e. The highest BCUT2D eigenvalue weighted by atomic mass is 16.6. The molecule has 0 fully saturated rings. The van der Waals surface area contributed by atoms with E-state index in [0.29, 0.717) is 12.1 Å². The maximum absolute atomic E-state index is 14.5. The van der Waals surface area contributed by atoms with Crippen LogP contribution < -0.4 is 10.6 Å². The average molecular weight is 582 g/mol. The lowest BCUT2D eigenvalue weighted by Crippen LogP contribution is -2.54. The fourth-order valence-electron chi connectivity index (χ4n) is 4.73. The van der Waals surface area contributed by atoms with Crippen molar-refractivity contribution in [3.63, 3.8) is 0 Å². The summed E-state index contributed by atoms with van der Waals surface area (Å²) >= 11 is 0. The lowest BCUT2D eigenvalue weighted by atomic mass is 9.98. The number of ether oxygens (including phenoxy) is 1. The van der Waals surface area contributed by atoms with E-state index in [1.54, 1.807) is 49.9 Å². The van der Waals surface area contributed by atoms with E-state index in [9.17, 15) is 19.5 Å². The second kappa shape index (κ2) is 16.8. The molecule has 0 aliphatic heterocycles. The number of phenols is 1. The molecule has 2 atom stereocenters. The number of hydrogen-bond acceptors (Lipinski definition) is 5. The highest BCUT2D eigenvalue weighted by molar-refractivity contribution is 5.92. The fraction of sp³-hybridized carbons (Fsp3) is 0.559. The zero-order chi connectivity index (χ0) is 31.3. The number of nitrogens with one attached hydrogen (secondary N) is 2. The molecular weight excluding hydrogens is 530 g/mol. The van der Waals surface area contributed by atoms with Crippen LogP contribution in [0.3, 0.4) is 0 Å². The van der Waals surface area contributed by atoms with Gasteiger partial charge in [-0.2, -0.15) is 0 Å². The van der Waals surface area contributed by atoms with E-state index in [-0.39, 0.29) is 30.0 Å². The summed E-state index contributed by atoms with van der Waals surface area (Å²) < 4.78 is 5.51. The number of amides is 3. The Morgan fingerprint density at radius 3 is 2.05 bits per heavy atom. The minimum Gasteiger partial charge on any atom is -0.508 e. The number of nitrogens with zero attached hydrogens (tertiary/aromatic N) is 1. The first-order valence-electron chi connectivity index (χ1n) is 15.3. The summed E-state index contributed by atoms with van der Waals surface area (Å²) in [6.07, 6.45) is 5.60. The first-order valence-corrected chi connectivity index (χ1v) is 15.3. The van der Waals surface area contributed by atoms with Crippen LogP contribution in [0, 0.1) is 6.92 Å². The van der Waals surface area contributed by atoms with E-state index in [2.05, 4.69) is 17.6 Å². The summed E-state index contributed by atoms with van der Waals surface area (Å²) in [5.41, 5.74) is 1.75. The van der Waals surface area contributed by atoms with E-state index < -0.39 is 23.8 Å². The first kappa shape index (κ1) is 34.7. The van der Waals surface area contributed by atoms with Crippen molar-refractivity contribution in [2.75, 3.05) is 6.54 Å². The third kappa shape index (κ3) is 12.1. The summed E-state index contributed by atoms with van der Waals surface area (Å²) in [5.74, 6) is -0.531. The molecule has 232 valence electrons. The number of rotatable bonds is 15. The summed E-state index contributed by atoms with van der Waals surface area (Å²) in [4.78, 5) is 42.8. The topological polar surface area (TPSA) is 108 Å². The Labute approximate surface area is 252 Å². The molecule has 0 heterocycles. The average Bonchev–Trinajstić information content (AvgIpc) is 2.89. The van der Waals surface area contributed by atoms with Gasteiger partial charge in [0.2, 0.25) is 11.8 Å². The van der Waals surface area contributed by atoms with E-state index in [1.165, 1.54) is 6.42 Å². The summed E-state index contributed by atoms with van der Waals surface area (Å²) in [6, 6.07) is 12.2. The van der Waals surface area contributed by atoms with Gasteiger partial charge in [0.25, 0.3) is 0 Å². The molecule has 2 aromatic carbocycles. The molecule has 2 aromatic rings. The zero-order valence-electron chi connectivity index (χ0n) is 26.5. The van der Waals surface area contributed by atoms with Crippen LogP contribution in [0.1, 0.15) is 103 Å². The summed E-state index contributed by atoms with van der Waals surface area (Å²) in [5, 5.41) is 15.6. The van der Waals surface area contributed by atoms with Crippen molar-refractivity contribution in [3.05, 3.63) is 65.2 Å². The summed E-state index contributed by atoms with van der Waals surface area (Å²) in [6.45, 7) is 13.6. The molecule has 8 heteroatoms. The minimum atomic E-state index is -0.996. The Morgan fingerprint density at radius 1 is 0.881 bits per heavy atom. The highest BCUT2D eigenvalue weighted by Gasteiger charge is 2.36. The van der Waals surface area contributed by atoms with Crippen LogP contribution in [-0.2, 0) is 20.7 Å². The maximum Gasteiger partial charge on any atom is 0.408 e. The smallest absolute Gasteiger partial charge is 0.408 e. The van der Waals surface area contributed by atoms with Crippen molar-refractivity contribution >= 4 is 17.9 Å². The van der Waals surface area contributed by atoms with Crippen molar-refractivity contribution < 1.29 is 24.2 Å². The van der Waals surface area contributed by atoms with Gasteiger partial charge >= 0.3 is 6.09 Å². The molecule has 42 heavy (non-hydrogen) atoms. The molecule has 0 saturated carbocycles. The van der Waals surface area contributed by atoms with Gasteiger partial charge in [-0.3, -0.25) is 9.59 Å². The van der Waals surface area contributed by atoms with Crippen molar-refractivity contribution in [1.82, 2.24) is 15.5 Å². The lowest BCUT2D eigenvalue weighted by Gasteiger charge is -2.35. The van der Waals surface area contributed by atoms with Gasteiger partial charge < -0.3 is 25.4 Å². The molecule has 8 nitrogen and oxygen atoms in total. The highest BCUT2D eigenvalue weighted by Crippen LogP contribution is 2.25. The van der Waals surface area contributed by atoms with Gasteiger partial charge in [0.05, 0.1) is 0 Å². The number of aromatic hydroxyl groups is 1. The van der Waals surface area contributed by atoms with E-state index in [4.69, 9.17) is 4.74 Å². The molecule has 0 aromatic heterocycles. The van der Waals surface area contributed by atoms with E-state index >= 15 is 0 Å². The van der Waals surface area contributed by atoms with Gasteiger partial charge in [-0.05, 0) is 71.2 Å². The molecule has 2 unspecified atom stereocenters. The molecule has 0 bridgehead atoms. The number of carbonyl (C=O) groups is 3. The van der Waals surface area contributed by atoms with Crippen LogP contribution in [0.2, 0.25) is 0 Å². The monoisotopic (exact) mass is 581 g/mol. The van der Waals surface area contributed by atoms with Crippen LogP contribution in [0.5, 0.6) is 5.75 Å². The molecule has 0 aliphatic carbocycles. The normalized spacial score (nSPS) is 12.9. The number of benzene rings is 2. The molecule has 2 rings (SSSR count). The Balaban J connectivity index is 2.51. The van der Waals surface area contributed by atoms with Gasteiger partial charge in [-0.1, -0.05) is 81.0 Å². The zero-order valence-corrected chi connectivity index (χ0v) is 26.5. The number of alkyl carbamates (subject to hydrolysis) is 1. The third-order valence-corrected chi connectivity index (χ3v) is 6.78. The van der Waals surface area contributed by atoms with Crippen molar-refractivity contribution in [1.29, 1.82) is 0 Å². The fourth-order valence-corrected chi connectivity index (χ4v) is 4.73. The van der Waals surface area contributed by atoms with Gasteiger partial charge in [0, 0.05) is 19.0 Å². The molecule has 0 spiro atoms. The Kier molecular flexibility index (Phi) is 13.8. The summed E-state index contributed by atoms with van der Waals surface area (Å²) in [7, 11) is 0. The SMILES string of the molecule is CCCCCCCCN(C(=O)C(Cc1ccc(O)cc1)NC(=O)OC(C)(C)C)C(C(=O)NC(C)C)c1ccc(C)cc1. The number of unbranched alkanes of at least 4 members (excludes halogenated alkanes) is 5.